The van der Waals surface area contributed by atoms with Crippen LogP contribution in [0.2, 0.25) is 0 Å². The molecule has 0 fully saturated rings. The van der Waals surface area contributed by atoms with Crippen LogP contribution in [0, 0.1) is 0 Å². The van der Waals surface area contributed by atoms with Crippen molar-refractivity contribution in [1.29, 1.82) is 0 Å². The van der Waals surface area contributed by atoms with Gasteiger partial charge in [-0.15, -0.1) is 0 Å². The molecule has 4 N–H and O–H groups in total. The highest BCUT2D eigenvalue weighted by molar-refractivity contribution is 6.00. The highest BCUT2D eigenvalue weighted by atomic mass is 16.4. The second kappa shape index (κ2) is 16.8. The summed E-state index contributed by atoms with van der Waals surface area (Å²) in [4.78, 5) is 43.1. The number of aliphatic hydroxyl groups is 2. The molecule has 0 saturated carbocycles. The molecule has 2 unspecified atom stereocenters. The third-order valence-electron chi connectivity index (χ3n) is 5.40. The van der Waals surface area contributed by atoms with Crippen LogP contribution in [0.15, 0.2) is 121 Å². The number of carbonyl (C=O) groups excluding carboxylic acids is 2. The van der Waals surface area contributed by atoms with Gasteiger partial charge in [-0.05, 0) is 11.1 Å². The van der Waals surface area contributed by atoms with Crippen molar-refractivity contribution in [3.05, 3.63) is 144 Å². The molecule has 8 nitrogen and oxygen atoms in total. The normalized spacial score (nSPS) is 11.3. The third kappa shape index (κ3) is 10.8. The van der Waals surface area contributed by atoms with E-state index in [0.717, 1.165) is 0 Å². The predicted octanol–water partition coefficient (Wildman–Crippen LogP) is 5.14. The van der Waals surface area contributed by atoms with Gasteiger partial charge in [0.25, 0.3) is 0 Å². The molecule has 0 aromatic heterocycles. The Labute approximate surface area is 231 Å². The zero-order valence-corrected chi connectivity index (χ0v) is 21.5. The Morgan fingerprint density at radius 3 is 0.950 bits per heavy atom. The van der Waals surface area contributed by atoms with Crippen molar-refractivity contribution >= 4 is 23.5 Å². The maximum absolute atomic E-state index is 11.9. The molecule has 4 aromatic carbocycles. The molecule has 0 saturated heterocycles. The number of Topliss-reactive ketones (excluding diaryl/α,β-unsaturated/α-hetero) is 2. The van der Waals surface area contributed by atoms with Crippen molar-refractivity contribution in [3.8, 4) is 0 Å². The predicted molar refractivity (Wildman–Crippen MR) is 149 cm³/mol. The van der Waals surface area contributed by atoms with Crippen LogP contribution in [-0.2, 0) is 9.59 Å². The van der Waals surface area contributed by atoms with E-state index >= 15 is 0 Å². The van der Waals surface area contributed by atoms with Gasteiger partial charge >= 0.3 is 11.9 Å². The third-order valence-corrected chi connectivity index (χ3v) is 5.40. The standard InChI is InChI=1S/2C14H12O2.C4H6O4/c2*15-13(11-7-3-1-4-8-11)14(16)12-9-5-2-6-10-12;5-3(6)1-2-4(7)8/h2*1-10,13,15H;1-2H2,(H,5,6)(H,7,8). The lowest BCUT2D eigenvalue weighted by molar-refractivity contribution is -0.143. The van der Waals surface area contributed by atoms with Crippen LogP contribution in [0.4, 0.5) is 0 Å². The molecule has 4 aromatic rings. The van der Waals surface area contributed by atoms with E-state index in [-0.39, 0.29) is 24.4 Å². The number of carboxylic acids is 2. The topological polar surface area (TPSA) is 149 Å². The number of benzene rings is 4. The van der Waals surface area contributed by atoms with Gasteiger partial charge in [0.2, 0.25) is 0 Å². The lowest BCUT2D eigenvalue weighted by Gasteiger charge is -2.09. The first-order valence-corrected chi connectivity index (χ1v) is 12.3. The van der Waals surface area contributed by atoms with Crippen LogP contribution in [0.5, 0.6) is 0 Å². The average molecular weight is 543 g/mol. The van der Waals surface area contributed by atoms with Crippen LogP contribution >= 0.6 is 0 Å². The average Bonchev–Trinajstić information content (AvgIpc) is 3.01. The zero-order valence-electron chi connectivity index (χ0n) is 21.5. The summed E-state index contributed by atoms with van der Waals surface area (Å²) >= 11 is 0. The Hall–Kier alpha value is -4.92. The Morgan fingerprint density at radius 2 is 0.700 bits per heavy atom. The van der Waals surface area contributed by atoms with E-state index in [1.807, 2.05) is 24.3 Å². The Kier molecular flexibility index (Phi) is 13.2. The Balaban J connectivity index is 0.000000224. The van der Waals surface area contributed by atoms with Gasteiger partial charge in [0.1, 0.15) is 12.2 Å². The maximum atomic E-state index is 11.9. The van der Waals surface area contributed by atoms with Crippen molar-refractivity contribution in [3.63, 3.8) is 0 Å². The van der Waals surface area contributed by atoms with Crippen LogP contribution in [0.1, 0.15) is 56.9 Å². The smallest absolute Gasteiger partial charge is 0.303 e. The van der Waals surface area contributed by atoms with Gasteiger partial charge in [-0.1, -0.05) is 121 Å². The Bertz CT molecular complexity index is 1230. The Morgan fingerprint density at radius 1 is 0.450 bits per heavy atom. The van der Waals surface area contributed by atoms with E-state index in [1.54, 1.807) is 97.1 Å². The minimum absolute atomic E-state index is 0.271. The number of carboxylic acid groups (broad SMARTS) is 2. The lowest BCUT2D eigenvalue weighted by atomic mass is 10.0. The van der Waals surface area contributed by atoms with Crippen molar-refractivity contribution in [2.75, 3.05) is 0 Å². The number of ketones is 2. The second-order valence-electron chi connectivity index (χ2n) is 8.37. The van der Waals surface area contributed by atoms with Gasteiger partial charge in [-0.3, -0.25) is 19.2 Å². The van der Waals surface area contributed by atoms with E-state index in [9.17, 15) is 29.4 Å². The summed E-state index contributed by atoms with van der Waals surface area (Å²) in [6.07, 6.45) is -2.75. The minimum atomic E-state index is -1.08. The molecule has 0 aliphatic heterocycles. The largest absolute Gasteiger partial charge is 0.481 e. The van der Waals surface area contributed by atoms with Crippen molar-refractivity contribution in [2.45, 2.75) is 25.0 Å². The molecular weight excluding hydrogens is 512 g/mol. The maximum Gasteiger partial charge on any atom is 0.303 e. The van der Waals surface area contributed by atoms with Gasteiger partial charge in [0, 0.05) is 11.1 Å². The fourth-order valence-corrected chi connectivity index (χ4v) is 3.31. The highest BCUT2D eigenvalue weighted by Gasteiger charge is 2.19. The number of rotatable bonds is 9. The van der Waals surface area contributed by atoms with E-state index in [1.165, 1.54) is 0 Å². The molecule has 0 radical (unpaired) electrons. The summed E-state index contributed by atoms with van der Waals surface area (Å²) in [5.74, 6) is -2.70. The molecule has 2 atom stereocenters. The van der Waals surface area contributed by atoms with Crippen molar-refractivity contribution in [1.82, 2.24) is 0 Å². The zero-order chi connectivity index (χ0) is 29.3. The highest BCUT2D eigenvalue weighted by Crippen LogP contribution is 2.18. The molecule has 0 bridgehead atoms. The number of aliphatic carboxylic acids is 2. The van der Waals surface area contributed by atoms with Gasteiger partial charge in [-0.25, -0.2) is 0 Å². The van der Waals surface area contributed by atoms with Gasteiger partial charge in [0.05, 0.1) is 12.8 Å². The number of hydrogen-bond donors (Lipinski definition) is 4. The molecular formula is C32H30O8. The molecule has 8 heteroatoms. The van der Waals surface area contributed by atoms with Crippen molar-refractivity contribution < 1.29 is 39.6 Å². The fourth-order valence-electron chi connectivity index (χ4n) is 3.31. The van der Waals surface area contributed by atoms with E-state index < -0.39 is 24.1 Å². The molecule has 4 rings (SSSR count). The molecule has 0 spiro atoms. The lowest BCUT2D eigenvalue weighted by Crippen LogP contribution is -2.11. The van der Waals surface area contributed by atoms with Crippen molar-refractivity contribution in [2.24, 2.45) is 0 Å². The first-order chi connectivity index (χ1) is 19.2. The molecule has 0 amide bonds. The summed E-state index contributed by atoms with van der Waals surface area (Å²) in [6.45, 7) is 0. The van der Waals surface area contributed by atoms with E-state index in [2.05, 4.69) is 0 Å². The van der Waals surface area contributed by atoms with Crippen LogP contribution in [0.25, 0.3) is 0 Å². The first-order valence-electron chi connectivity index (χ1n) is 12.3. The van der Waals surface area contributed by atoms with Gasteiger partial charge in [0.15, 0.2) is 11.6 Å². The van der Waals surface area contributed by atoms with Crippen LogP contribution in [-0.4, -0.2) is 43.9 Å². The van der Waals surface area contributed by atoms with Gasteiger partial charge in [-0.2, -0.15) is 0 Å². The molecule has 0 aliphatic rings. The van der Waals surface area contributed by atoms with Crippen LogP contribution < -0.4 is 0 Å². The number of hydrogen-bond acceptors (Lipinski definition) is 6. The molecule has 40 heavy (non-hydrogen) atoms. The summed E-state index contributed by atoms with van der Waals surface area (Å²) in [5, 5.41) is 35.6. The second-order valence-corrected chi connectivity index (χ2v) is 8.37. The number of aliphatic hydroxyl groups excluding tert-OH is 2. The van der Waals surface area contributed by atoms with E-state index in [0.29, 0.717) is 22.3 Å². The molecule has 0 heterocycles. The molecule has 0 aliphatic carbocycles. The minimum Gasteiger partial charge on any atom is -0.481 e. The summed E-state index contributed by atoms with van der Waals surface area (Å²) in [7, 11) is 0. The number of carbonyl (C=O) groups is 4. The summed E-state index contributed by atoms with van der Waals surface area (Å²) < 4.78 is 0. The quantitative estimate of drug-likeness (QED) is 0.212. The summed E-state index contributed by atoms with van der Waals surface area (Å²) in [5.41, 5.74) is 2.30. The summed E-state index contributed by atoms with van der Waals surface area (Å²) in [6, 6.07) is 35.5. The monoisotopic (exact) mass is 542 g/mol. The first kappa shape index (κ1) is 31.3. The fraction of sp³-hybridized carbons (Fsp3) is 0.125. The van der Waals surface area contributed by atoms with Gasteiger partial charge < -0.3 is 20.4 Å². The SMILES string of the molecule is O=C(O)CCC(=O)O.O=C(c1ccccc1)C(O)c1ccccc1.O=C(c1ccccc1)C(O)c1ccccc1. The molecule has 206 valence electrons. The van der Waals surface area contributed by atoms with Crippen LogP contribution in [0.3, 0.4) is 0 Å². The van der Waals surface area contributed by atoms with E-state index in [4.69, 9.17) is 10.2 Å².